The van der Waals surface area contributed by atoms with Crippen LogP contribution in [0.25, 0.3) is 0 Å². The third kappa shape index (κ3) is 1.98. The van der Waals surface area contributed by atoms with Gasteiger partial charge in [0.25, 0.3) is 0 Å². The summed E-state index contributed by atoms with van der Waals surface area (Å²) in [5.41, 5.74) is 5.16. The van der Waals surface area contributed by atoms with Crippen LogP contribution in [0.15, 0.2) is 11.0 Å². The number of anilines is 1. The van der Waals surface area contributed by atoms with Crippen molar-refractivity contribution in [1.29, 1.82) is 0 Å². The molecule has 2 fully saturated rings. The largest absolute Gasteiger partial charge is 0.383 e. The first-order valence-corrected chi connectivity index (χ1v) is 7.15. The van der Waals surface area contributed by atoms with Gasteiger partial charge in [0.15, 0.2) is 6.23 Å². The van der Waals surface area contributed by atoms with E-state index in [9.17, 15) is 4.79 Å². The summed E-state index contributed by atoms with van der Waals surface area (Å²) in [5, 5.41) is 0. The highest BCUT2D eigenvalue weighted by Crippen LogP contribution is 2.49. The number of nitrogens with two attached hydrogens (primary N) is 1. The summed E-state index contributed by atoms with van der Waals surface area (Å²) in [6.45, 7) is 4.01. The van der Waals surface area contributed by atoms with Gasteiger partial charge >= 0.3 is 5.69 Å². The zero-order valence-electron chi connectivity index (χ0n) is 13.1. The maximum Gasteiger partial charge on any atom is 0.351 e. The van der Waals surface area contributed by atoms with Crippen LogP contribution in [-0.2, 0) is 18.9 Å². The minimum Gasteiger partial charge on any atom is -0.383 e. The number of ether oxygens (including phenoxy) is 4. The van der Waals surface area contributed by atoms with Gasteiger partial charge in [-0.1, -0.05) is 0 Å². The van der Waals surface area contributed by atoms with Gasteiger partial charge in [-0.15, -0.1) is 0 Å². The SMILES string of the molecule is COC[C@@]12OC(n3cc(C)c(N)nc3=O)C(OC1C)C2OC. The monoisotopic (exact) mass is 311 g/mol. The number of nitrogen functional groups attached to an aromatic ring is 1. The molecule has 1 aromatic rings. The number of hydrogen-bond acceptors (Lipinski definition) is 7. The van der Waals surface area contributed by atoms with Gasteiger partial charge in [0.05, 0.1) is 12.7 Å². The van der Waals surface area contributed by atoms with Gasteiger partial charge in [-0.25, -0.2) is 4.79 Å². The molecule has 0 amide bonds. The summed E-state index contributed by atoms with van der Waals surface area (Å²) in [7, 11) is 3.20. The lowest BCUT2D eigenvalue weighted by Gasteiger charge is -2.35. The van der Waals surface area contributed by atoms with E-state index in [0.29, 0.717) is 12.2 Å². The van der Waals surface area contributed by atoms with Crippen molar-refractivity contribution in [2.45, 2.75) is 44.0 Å². The van der Waals surface area contributed by atoms with Gasteiger partial charge in [0.2, 0.25) is 0 Å². The first-order chi connectivity index (χ1) is 10.4. The van der Waals surface area contributed by atoms with E-state index in [1.165, 1.54) is 4.57 Å². The molecule has 22 heavy (non-hydrogen) atoms. The minimum absolute atomic E-state index is 0.197. The van der Waals surface area contributed by atoms with Gasteiger partial charge in [0, 0.05) is 26.0 Å². The van der Waals surface area contributed by atoms with E-state index < -0.39 is 23.6 Å². The Balaban J connectivity index is 2.02. The minimum atomic E-state index is -0.742. The molecule has 0 aromatic carbocycles. The lowest BCUT2D eigenvalue weighted by molar-refractivity contribution is -0.221. The Labute approximate surface area is 128 Å². The highest BCUT2D eigenvalue weighted by molar-refractivity contribution is 5.35. The fraction of sp³-hybridized carbons (Fsp3) is 0.714. The predicted molar refractivity (Wildman–Crippen MR) is 77.5 cm³/mol. The van der Waals surface area contributed by atoms with Crippen LogP contribution in [0.3, 0.4) is 0 Å². The molecule has 3 heterocycles. The molecule has 1 aromatic heterocycles. The zero-order valence-corrected chi connectivity index (χ0v) is 13.1. The van der Waals surface area contributed by atoms with Gasteiger partial charge < -0.3 is 24.7 Å². The quantitative estimate of drug-likeness (QED) is 0.825. The van der Waals surface area contributed by atoms with Crippen molar-refractivity contribution >= 4 is 5.82 Å². The lowest BCUT2D eigenvalue weighted by atomic mass is 9.94. The number of aryl methyl sites for hydroxylation is 1. The van der Waals surface area contributed by atoms with Gasteiger partial charge in [-0.3, -0.25) is 4.57 Å². The first-order valence-electron chi connectivity index (χ1n) is 7.15. The average Bonchev–Trinajstić information content (AvgIpc) is 2.91. The summed E-state index contributed by atoms with van der Waals surface area (Å²) in [6, 6.07) is 0. The number of nitrogens with zero attached hydrogens (tertiary/aromatic N) is 2. The third-order valence-electron chi connectivity index (χ3n) is 4.52. The predicted octanol–water partition coefficient (Wildman–Crippen LogP) is -0.150. The molecule has 2 aliphatic rings. The molecule has 122 valence electrons. The van der Waals surface area contributed by atoms with Crippen LogP contribution in [0.4, 0.5) is 5.82 Å². The Morgan fingerprint density at radius 1 is 1.50 bits per heavy atom. The molecule has 0 radical (unpaired) electrons. The van der Waals surface area contributed by atoms with Gasteiger partial charge in [-0.05, 0) is 13.8 Å². The molecule has 2 N–H and O–H groups in total. The molecule has 0 spiro atoms. The van der Waals surface area contributed by atoms with Crippen molar-refractivity contribution in [3.63, 3.8) is 0 Å². The van der Waals surface area contributed by atoms with Crippen molar-refractivity contribution in [2.75, 3.05) is 26.6 Å². The topological polar surface area (TPSA) is 97.8 Å². The Morgan fingerprint density at radius 2 is 2.23 bits per heavy atom. The third-order valence-corrected chi connectivity index (χ3v) is 4.52. The molecule has 2 saturated heterocycles. The average molecular weight is 311 g/mol. The molecule has 0 aliphatic carbocycles. The highest BCUT2D eigenvalue weighted by atomic mass is 16.7. The summed E-state index contributed by atoms with van der Waals surface area (Å²) in [6.07, 6.45) is 0.0970. The maximum absolute atomic E-state index is 12.2. The number of hydrogen-bond donors (Lipinski definition) is 1. The summed E-state index contributed by atoms with van der Waals surface area (Å²) >= 11 is 0. The van der Waals surface area contributed by atoms with Crippen LogP contribution in [0, 0.1) is 6.92 Å². The molecule has 2 aliphatic heterocycles. The van der Waals surface area contributed by atoms with Crippen LogP contribution in [0.2, 0.25) is 0 Å². The van der Waals surface area contributed by atoms with Crippen LogP contribution >= 0.6 is 0 Å². The summed E-state index contributed by atoms with van der Waals surface area (Å²) < 4.78 is 24.4. The Kier molecular flexibility index (Phi) is 3.72. The highest BCUT2D eigenvalue weighted by Gasteiger charge is 2.66. The van der Waals surface area contributed by atoms with Crippen molar-refractivity contribution in [3.8, 4) is 0 Å². The molecule has 8 heteroatoms. The second kappa shape index (κ2) is 5.31. The molecule has 2 bridgehead atoms. The second-order valence-corrected chi connectivity index (χ2v) is 5.79. The van der Waals surface area contributed by atoms with E-state index >= 15 is 0 Å². The molecular weight excluding hydrogens is 290 g/mol. The number of aromatic nitrogens is 2. The molecule has 3 rings (SSSR count). The van der Waals surface area contributed by atoms with Crippen LogP contribution in [0.5, 0.6) is 0 Å². The molecule has 4 unspecified atom stereocenters. The second-order valence-electron chi connectivity index (χ2n) is 5.79. The summed E-state index contributed by atoms with van der Waals surface area (Å²) in [4.78, 5) is 16.0. The fourth-order valence-electron chi connectivity index (χ4n) is 3.37. The number of methoxy groups -OCH3 is 2. The van der Waals surface area contributed by atoms with E-state index in [2.05, 4.69) is 4.98 Å². The molecule has 0 saturated carbocycles. The van der Waals surface area contributed by atoms with E-state index in [4.69, 9.17) is 24.7 Å². The van der Waals surface area contributed by atoms with E-state index in [0.717, 1.165) is 0 Å². The maximum atomic E-state index is 12.2. The smallest absolute Gasteiger partial charge is 0.351 e. The van der Waals surface area contributed by atoms with E-state index in [1.54, 1.807) is 27.3 Å². The fourth-order valence-corrected chi connectivity index (χ4v) is 3.37. The Bertz CT molecular complexity index is 633. The zero-order chi connectivity index (χ0) is 16.1. The molecular formula is C14H21N3O5. The molecule has 8 nitrogen and oxygen atoms in total. The van der Waals surface area contributed by atoms with Crippen molar-refractivity contribution < 1.29 is 18.9 Å². The van der Waals surface area contributed by atoms with Crippen LogP contribution < -0.4 is 11.4 Å². The Hall–Kier alpha value is -1.48. The van der Waals surface area contributed by atoms with Gasteiger partial charge in [-0.2, -0.15) is 4.98 Å². The van der Waals surface area contributed by atoms with Crippen molar-refractivity contribution in [2.24, 2.45) is 0 Å². The summed E-state index contributed by atoms with van der Waals surface area (Å²) in [5.74, 6) is 0.216. The first kappa shape index (κ1) is 15.4. The normalized spacial score (nSPS) is 36.9. The van der Waals surface area contributed by atoms with E-state index in [-0.39, 0.29) is 18.0 Å². The standard InChI is InChI=1S/C14H21N3O5/c1-7-5-17(13(18)16-11(7)15)12-9-10(20-4)14(22-12,6-19-3)8(2)21-9/h5,8-10,12H,6H2,1-4H3,(H2,15,16,18)/t8?,9?,10?,12?,14-/m1/s1. The van der Waals surface area contributed by atoms with E-state index in [1.807, 2.05) is 6.92 Å². The van der Waals surface area contributed by atoms with Crippen molar-refractivity contribution in [1.82, 2.24) is 9.55 Å². The van der Waals surface area contributed by atoms with Crippen LogP contribution in [0.1, 0.15) is 18.7 Å². The van der Waals surface area contributed by atoms with Crippen molar-refractivity contribution in [3.05, 3.63) is 22.2 Å². The number of rotatable bonds is 4. The molecule has 5 atom stereocenters. The van der Waals surface area contributed by atoms with Crippen LogP contribution in [-0.4, -0.2) is 54.3 Å². The number of fused-ring (bicyclic) bond motifs is 2. The van der Waals surface area contributed by atoms with Gasteiger partial charge in [0.1, 0.15) is 23.6 Å². The Morgan fingerprint density at radius 3 is 2.86 bits per heavy atom. The lowest BCUT2D eigenvalue weighted by Crippen LogP contribution is -2.50.